The molecule has 3 rings (SSSR count). The highest BCUT2D eigenvalue weighted by Crippen LogP contribution is 2.59. The van der Waals surface area contributed by atoms with Gasteiger partial charge in [-0.3, -0.25) is 0 Å². The topological polar surface area (TPSA) is 58.9 Å². The second-order valence-electron chi connectivity index (χ2n) is 7.20. The molecule has 122 valence electrons. The summed E-state index contributed by atoms with van der Waals surface area (Å²) in [6.07, 6.45) is 7.58. The van der Waals surface area contributed by atoms with Gasteiger partial charge >= 0.3 is 0 Å². The van der Waals surface area contributed by atoms with Crippen LogP contribution in [0.4, 0.5) is 0 Å². The number of aliphatic hydroxyl groups excluding tert-OH is 2. The van der Waals surface area contributed by atoms with Crippen molar-refractivity contribution in [3.05, 3.63) is 0 Å². The normalized spacial score (nSPS) is 38.4. The van der Waals surface area contributed by atoms with Crippen LogP contribution in [-0.2, 0) is 9.47 Å². The van der Waals surface area contributed by atoms with Crippen molar-refractivity contribution in [2.45, 2.75) is 76.3 Å². The summed E-state index contributed by atoms with van der Waals surface area (Å²) in [6, 6.07) is 0. The van der Waals surface area contributed by atoms with Gasteiger partial charge in [0, 0.05) is 12.3 Å². The minimum absolute atomic E-state index is 0.199. The van der Waals surface area contributed by atoms with Crippen LogP contribution in [-0.4, -0.2) is 41.4 Å². The van der Waals surface area contributed by atoms with E-state index in [2.05, 4.69) is 6.92 Å². The number of ether oxygens (including phenoxy) is 2. The standard InChI is InChI=1S/C17H30O4/c1-2-3-4-5-13(18)7-6-12-10-15-14(16(12)19)11-17(15)20-8-9-21-17/h12-16,18-19H,2-11H2,1H3. The summed E-state index contributed by atoms with van der Waals surface area (Å²) in [4.78, 5) is 0. The zero-order valence-corrected chi connectivity index (χ0v) is 13.2. The molecule has 0 radical (unpaired) electrons. The third-order valence-electron chi connectivity index (χ3n) is 5.87. The van der Waals surface area contributed by atoms with Gasteiger partial charge in [0.25, 0.3) is 0 Å². The molecule has 3 aliphatic rings. The van der Waals surface area contributed by atoms with E-state index in [0.29, 0.717) is 31.0 Å². The number of rotatable bonds is 7. The van der Waals surface area contributed by atoms with E-state index in [4.69, 9.17) is 9.47 Å². The molecule has 1 aliphatic heterocycles. The van der Waals surface area contributed by atoms with Gasteiger partial charge in [-0.2, -0.15) is 0 Å². The Hall–Kier alpha value is -0.160. The predicted molar refractivity (Wildman–Crippen MR) is 79.7 cm³/mol. The van der Waals surface area contributed by atoms with Gasteiger partial charge in [0.15, 0.2) is 5.79 Å². The van der Waals surface area contributed by atoms with Gasteiger partial charge in [-0.05, 0) is 37.5 Å². The number of unbranched alkanes of at least 4 members (excludes halogenated alkanes) is 2. The molecular formula is C17H30O4. The largest absolute Gasteiger partial charge is 0.393 e. The Morgan fingerprint density at radius 2 is 1.95 bits per heavy atom. The molecule has 5 unspecified atom stereocenters. The molecule has 0 aromatic heterocycles. The van der Waals surface area contributed by atoms with Crippen molar-refractivity contribution in [3.63, 3.8) is 0 Å². The van der Waals surface area contributed by atoms with E-state index >= 15 is 0 Å². The highest BCUT2D eigenvalue weighted by Gasteiger charge is 2.64. The Bertz CT molecular complexity index is 340. The van der Waals surface area contributed by atoms with E-state index in [-0.39, 0.29) is 18.0 Å². The van der Waals surface area contributed by atoms with Crippen molar-refractivity contribution in [2.24, 2.45) is 17.8 Å². The smallest absolute Gasteiger partial charge is 0.172 e. The van der Waals surface area contributed by atoms with Crippen LogP contribution in [0.3, 0.4) is 0 Å². The summed E-state index contributed by atoms with van der Waals surface area (Å²) >= 11 is 0. The van der Waals surface area contributed by atoms with Gasteiger partial charge in [0.1, 0.15) is 0 Å². The van der Waals surface area contributed by atoms with Crippen molar-refractivity contribution >= 4 is 0 Å². The lowest BCUT2D eigenvalue weighted by Gasteiger charge is -2.48. The number of hydrogen-bond donors (Lipinski definition) is 2. The molecule has 5 atom stereocenters. The van der Waals surface area contributed by atoms with Crippen LogP contribution in [0.2, 0.25) is 0 Å². The van der Waals surface area contributed by atoms with Gasteiger partial charge in [0.2, 0.25) is 0 Å². The highest BCUT2D eigenvalue weighted by atomic mass is 16.7. The van der Waals surface area contributed by atoms with Gasteiger partial charge in [0.05, 0.1) is 25.4 Å². The lowest BCUT2D eigenvalue weighted by Crippen LogP contribution is -2.54. The van der Waals surface area contributed by atoms with Gasteiger partial charge in [-0.15, -0.1) is 0 Å². The van der Waals surface area contributed by atoms with E-state index in [1.807, 2.05) is 0 Å². The first-order valence-electron chi connectivity index (χ1n) is 8.80. The molecule has 3 fully saturated rings. The molecule has 4 heteroatoms. The van der Waals surface area contributed by atoms with E-state index in [0.717, 1.165) is 38.5 Å². The van der Waals surface area contributed by atoms with Crippen molar-refractivity contribution in [1.82, 2.24) is 0 Å². The van der Waals surface area contributed by atoms with Gasteiger partial charge in [-0.25, -0.2) is 0 Å². The van der Waals surface area contributed by atoms with E-state index in [9.17, 15) is 10.2 Å². The van der Waals surface area contributed by atoms with E-state index in [1.165, 1.54) is 12.8 Å². The predicted octanol–water partition coefficient (Wildman–Crippen LogP) is 2.47. The van der Waals surface area contributed by atoms with E-state index < -0.39 is 0 Å². The molecule has 0 bridgehead atoms. The van der Waals surface area contributed by atoms with Gasteiger partial charge in [-0.1, -0.05) is 26.2 Å². The molecule has 1 spiro atoms. The van der Waals surface area contributed by atoms with Crippen LogP contribution in [0.25, 0.3) is 0 Å². The van der Waals surface area contributed by atoms with Crippen molar-refractivity contribution in [1.29, 1.82) is 0 Å². The summed E-state index contributed by atoms with van der Waals surface area (Å²) in [7, 11) is 0. The third-order valence-corrected chi connectivity index (χ3v) is 5.87. The monoisotopic (exact) mass is 298 g/mol. The maximum atomic E-state index is 10.5. The molecule has 0 aromatic carbocycles. The van der Waals surface area contributed by atoms with Crippen LogP contribution in [0.15, 0.2) is 0 Å². The molecule has 0 aromatic rings. The third kappa shape index (κ3) is 3.00. The molecule has 1 heterocycles. The first-order chi connectivity index (χ1) is 10.2. The fourth-order valence-electron chi connectivity index (χ4n) is 4.59. The minimum atomic E-state index is -0.361. The molecule has 2 aliphatic carbocycles. The summed E-state index contributed by atoms with van der Waals surface area (Å²) < 4.78 is 11.6. The van der Waals surface area contributed by atoms with Crippen molar-refractivity contribution in [2.75, 3.05) is 13.2 Å². The Morgan fingerprint density at radius 1 is 1.19 bits per heavy atom. The van der Waals surface area contributed by atoms with Crippen LogP contribution in [0, 0.1) is 17.8 Å². The van der Waals surface area contributed by atoms with Crippen molar-refractivity contribution < 1.29 is 19.7 Å². The quantitative estimate of drug-likeness (QED) is 0.709. The lowest BCUT2D eigenvalue weighted by atomic mass is 9.69. The van der Waals surface area contributed by atoms with Gasteiger partial charge < -0.3 is 19.7 Å². The second kappa shape index (κ2) is 6.53. The summed E-state index contributed by atoms with van der Waals surface area (Å²) in [6.45, 7) is 3.57. The summed E-state index contributed by atoms with van der Waals surface area (Å²) in [5.41, 5.74) is 0. The molecular weight excluding hydrogens is 268 g/mol. The number of fused-ring (bicyclic) bond motifs is 2. The zero-order chi connectivity index (χ0) is 14.9. The van der Waals surface area contributed by atoms with Crippen LogP contribution >= 0.6 is 0 Å². The van der Waals surface area contributed by atoms with Crippen molar-refractivity contribution in [3.8, 4) is 0 Å². The molecule has 1 saturated heterocycles. The molecule has 2 saturated carbocycles. The fraction of sp³-hybridized carbons (Fsp3) is 1.00. The first-order valence-corrected chi connectivity index (χ1v) is 8.80. The maximum absolute atomic E-state index is 10.5. The Balaban J connectivity index is 1.43. The zero-order valence-electron chi connectivity index (χ0n) is 13.2. The minimum Gasteiger partial charge on any atom is -0.393 e. The molecule has 21 heavy (non-hydrogen) atoms. The molecule has 4 nitrogen and oxygen atoms in total. The Labute approximate surface area is 127 Å². The summed E-state index contributed by atoms with van der Waals surface area (Å²) in [5, 5.41) is 20.5. The average molecular weight is 298 g/mol. The molecule has 0 amide bonds. The Morgan fingerprint density at radius 3 is 2.67 bits per heavy atom. The highest BCUT2D eigenvalue weighted by molar-refractivity contribution is 5.08. The SMILES string of the molecule is CCCCCC(O)CCC1CC2C(CC23OCCO3)C1O. The Kier molecular flexibility index (Phi) is 4.89. The van der Waals surface area contributed by atoms with Crippen LogP contribution in [0.1, 0.15) is 58.3 Å². The van der Waals surface area contributed by atoms with Crippen LogP contribution < -0.4 is 0 Å². The average Bonchev–Trinajstić information content (AvgIpc) is 3.04. The first kappa shape index (κ1) is 15.7. The summed E-state index contributed by atoms with van der Waals surface area (Å²) in [5.74, 6) is 0.677. The van der Waals surface area contributed by atoms with E-state index in [1.54, 1.807) is 0 Å². The fourth-order valence-corrected chi connectivity index (χ4v) is 4.59. The number of hydrogen-bond acceptors (Lipinski definition) is 4. The second-order valence-corrected chi connectivity index (χ2v) is 7.20. The maximum Gasteiger partial charge on any atom is 0.172 e. The van der Waals surface area contributed by atoms with Crippen LogP contribution in [0.5, 0.6) is 0 Å². The lowest BCUT2D eigenvalue weighted by molar-refractivity contribution is -0.275. The number of aliphatic hydroxyl groups is 2. The molecule has 2 N–H and O–H groups in total.